The van der Waals surface area contributed by atoms with Crippen molar-refractivity contribution >= 4 is 15.7 Å². The van der Waals surface area contributed by atoms with E-state index in [0.717, 1.165) is 12.1 Å². The minimum atomic E-state index is -3.99. The molecule has 110 valence electrons. The summed E-state index contributed by atoms with van der Waals surface area (Å²) < 4.78 is 39.8. The van der Waals surface area contributed by atoms with E-state index < -0.39 is 31.3 Å². The maximum atomic E-state index is 13.9. The SMILES string of the molecule is CCN(C1CNC1)S(=O)(=O)c1ccc([N+](=O)[O-])cc1F. The van der Waals surface area contributed by atoms with Crippen LogP contribution in [-0.4, -0.2) is 43.3 Å². The summed E-state index contributed by atoms with van der Waals surface area (Å²) >= 11 is 0. The summed E-state index contributed by atoms with van der Waals surface area (Å²) in [5.41, 5.74) is -0.477. The van der Waals surface area contributed by atoms with Crippen molar-refractivity contribution in [2.75, 3.05) is 19.6 Å². The Morgan fingerprint density at radius 1 is 1.50 bits per heavy atom. The number of hydrogen-bond donors (Lipinski definition) is 1. The highest BCUT2D eigenvalue weighted by molar-refractivity contribution is 7.89. The molecule has 20 heavy (non-hydrogen) atoms. The van der Waals surface area contributed by atoms with E-state index in [1.54, 1.807) is 6.92 Å². The van der Waals surface area contributed by atoms with Crippen molar-refractivity contribution in [1.82, 2.24) is 9.62 Å². The Hall–Kier alpha value is -1.58. The van der Waals surface area contributed by atoms with E-state index in [2.05, 4.69) is 5.32 Å². The van der Waals surface area contributed by atoms with Gasteiger partial charge in [0.1, 0.15) is 10.7 Å². The zero-order chi connectivity index (χ0) is 14.9. The Bertz CT molecular complexity index is 631. The summed E-state index contributed by atoms with van der Waals surface area (Å²) in [5.74, 6) is -1.11. The van der Waals surface area contributed by atoms with Crippen LogP contribution in [0.4, 0.5) is 10.1 Å². The van der Waals surface area contributed by atoms with E-state index in [9.17, 15) is 22.9 Å². The summed E-state index contributed by atoms with van der Waals surface area (Å²) in [5, 5.41) is 13.5. The lowest BCUT2D eigenvalue weighted by atomic mass is 10.2. The first-order valence-electron chi connectivity index (χ1n) is 6.04. The van der Waals surface area contributed by atoms with Crippen LogP contribution in [0.5, 0.6) is 0 Å². The van der Waals surface area contributed by atoms with E-state index in [-0.39, 0.29) is 12.6 Å². The summed E-state index contributed by atoms with van der Waals surface area (Å²) in [6, 6.07) is 2.35. The van der Waals surface area contributed by atoms with Gasteiger partial charge in [0.2, 0.25) is 10.0 Å². The molecule has 1 aromatic carbocycles. The van der Waals surface area contributed by atoms with Gasteiger partial charge in [0.15, 0.2) is 0 Å². The molecule has 1 aromatic rings. The Kier molecular flexibility index (Phi) is 4.02. The van der Waals surface area contributed by atoms with Crippen LogP contribution in [-0.2, 0) is 10.0 Å². The highest BCUT2D eigenvalue weighted by Gasteiger charge is 2.35. The second kappa shape index (κ2) is 5.43. The number of halogens is 1. The number of nitrogens with zero attached hydrogens (tertiary/aromatic N) is 2. The lowest BCUT2D eigenvalue weighted by Crippen LogP contribution is -2.58. The van der Waals surface area contributed by atoms with E-state index in [1.165, 1.54) is 4.31 Å². The molecule has 9 heteroatoms. The Morgan fingerprint density at radius 2 is 2.15 bits per heavy atom. The number of nitrogens with one attached hydrogen (secondary N) is 1. The van der Waals surface area contributed by atoms with Crippen molar-refractivity contribution < 1.29 is 17.7 Å². The van der Waals surface area contributed by atoms with E-state index in [1.807, 2.05) is 0 Å². The zero-order valence-corrected chi connectivity index (χ0v) is 11.6. The molecule has 1 aliphatic heterocycles. The van der Waals surface area contributed by atoms with Crippen molar-refractivity contribution in [3.05, 3.63) is 34.1 Å². The van der Waals surface area contributed by atoms with Crippen LogP contribution in [0, 0.1) is 15.9 Å². The first-order chi connectivity index (χ1) is 9.37. The monoisotopic (exact) mass is 303 g/mol. The number of benzene rings is 1. The minimum absolute atomic E-state index is 0.209. The molecule has 0 radical (unpaired) electrons. The van der Waals surface area contributed by atoms with Crippen molar-refractivity contribution in [3.63, 3.8) is 0 Å². The van der Waals surface area contributed by atoms with Crippen LogP contribution in [0.25, 0.3) is 0 Å². The minimum Gasteiger partial charge on any atom is -0.313 e. The van der Waals surface area contributed by atoms with Gasteiger partial charge in [-0.3, -0.25) is 10.1 Å². The summed E-state index contributed by atoms with van der Waals surface area (Å²) in [7, 11) is -3.99. The third-order valence-electron chi connectivity index (χ3n) is 3.19. The zero-order valence-electron chi connectivity index (χ0n) is 10.7. The largest absolute Gasteiger partial charge is 0.313 e. The van der Waals surface area contributed by atoms with Gasteiger partial charge in [0.05, 0.1) is 17.0 Å². The molecule has 0 atom stereocenters. The van der Waals surface area contributed by atoms with Crippen LogP contribution >= 0.6 is 0 Å². The summed E-state index contributed by atoms with van der Waals surface area (Å²) in [6.45, 7) is 2.91. The van der Waals surface area contributed by atoms with Gasteiger partial charge in [-0.2, -0.15) is 4.31 Å². The molecule has 1 saturated heterocycles. The van der Waals surface area contributed by atoms with Crippen molar-refractivity contribution in [2.24, 2.45) is 0 Å². The third-order valence-corrected chi connectivity index (χ3v) is 5.25. The van der Waals surface area contributed by atoms with Gasteiger partial charge in [-0.05, 0) is 6.07 Å². The highest BCUT2D eigenvalue weighted by atomic mass is 32.2. The standard InChI is InChI=1S/C11H14FN3O4S/c1-2-14(9-6-13-7-9)20(18,19)11-4-3-8(15(16)17)5-10(11)12/h3-5,9,13H,2,6-7H2,1H3. The van der Waals surface area contributed by atoms with Crippen molar-refractivity contribution in [2.45, 2.75) is 17.9 Å². The maximum Gasteiger partial charge on any atom is 0.272 e. The van der Waals surface area contributed by atoms with Gasteiger partial charge < -0.3 is 5.32 Å². The molecular weight excluding hydrogens is 289 g/mol. The van der Waals surface area contributed by atoms with E-state index in [0.29, 0.717) is 19.2 Å². The first-order valence-corrected chi connectivity index (χ1v) is 7.48. The first kappa shape index (κ1) is 14.8. The predicted molar refractivity (Wildman–Crippen MR) is 69.3 cm³/mol. The molecule has 0 spiro atoms. The molecule has 7 nitrogen and oxygen atoms in total. The van der Waals surface area contributed by atoms with Gasteiger partial charge in [0.25, 0.3) is 5.69 Å². The molecule has 0 unspecified atom stereocenters. The number of rotatable bonds is 5. The third kappa shape index (κ3) is 2.51. The number of non-ortho nitro benzene ring substituents is 1. The Balaban J connectivity index is 2.40. The van der Waals surface area contributed by atoms with Gasteiger partial charge in [-0.1, -0.05) is 6.92 Å². The molecule has 0 saturated carbocycles. The van der Waals surface area contributed by atoms with Gasteiger partial charge >= 0.3 is 0 Å². The summed E-state index contributed by atoms with van der Waals surface area (Å²) in [6.07, 6.45) is 0. The fraction of sp³-hybridized carbons (Fsp3) is 0.455. The molecule has 0 aliphatic carbocycles. The normalized spacial score (nSPS) is 16.1. The number of nitro benzene ring substituents is 1. The van der Waals surface area contributed by atoms with Gasteiger partial charge in [-0.15, -0.1) is 0 Å². The Morgan fingerprint density at radius 3 is 2.55 bits per heavy atom. The molecule has 0 bridgehead atoms. The number of likely N-dealkylation sites (N-methyl/N-ethyl adjacent to an activating group) is 1. The van der Waals surface area contributed by atoms with Crippen LogP contribution in [0.15, 0.2) is 23.1 Å². The lowest BCUT2D eigenvalue weighted by Gasteiger charge is -2.36. The molecule has 1 aliphatic rings. The average Bonchev–Trinajstić information content (AvgIpc) is 2.32. The molecule has 1 N–H and O–H groups in total. The second-order valence-corrected chi connectivity index (χ2v) is 6.25. The number of hydrogen-bond acceptors (Lipinski definition) is 5. The van der Waals surface area contributed by atoms with Gasteiger partial charge in [0, 0.05) is 25.7 Å². The summed E-state index contributed by atoms with van der Waals surface area (Å²) in [4.78, 5) is 9.24. The lowest BCUT2D eigenvalue weighted by molar-refractivity contribution is -0.385. The molecule has 1 heterocycles. The van der Waals surface area contributed by atoms with Crippen LogP contribution in [0.3, 0.4) is 0 Å². The molecule has 2 rings (SSSR count). The fourth-order valence-electron chi connectivity index (χ4n) is 2.04. The maximum absolute atomic E-state index is 13.9. The average molecular weight is 303 g/mol. The van der Waals surface area contributed by atoms with Crippen LogP contribution < -0.4 is 5.32 Å². The number of sulfonamides is 1. The highest BCUT2D eigenvalue weighted by Crippen LogP contribution is 2.25. The van der Waals surface area contributed by atoms with Crippen molar-refractivity contribution in [1.29, 1.82) is 0 Å². The molecule has 0 aromatic heterocycles. The quantitative estimate of drug-likeness (QED) is 0.639. The van der Waals surface area contributed by atoms with Crippen molar-refractivity contribution in [3.8, 4) is 0 Å². The van der Waals surface area contributed by atoms with Crippen LogP contribution in [0.2, 0.25) is 0 Å². The number of nitro groups is 1. The van der Waals surface area contributed by atoms with Gasteiger partial charge in [-0.25, -0.2) is 12.8 Å². The fourth-order valence-corrected chi connectivity index (χ4v) is 3.72. The smallest absolute Gasteiger partial charge is 0.272 e. The van der Waals surface area contributed by atoms with Crippen LogP contribution in [0.1, 0.15) is 6.92 Å². The molecular formula is C11H14FN3O4S. The topological polar surface area (TPSA) is 92.6 Å². The van der Waals surface area contributed by atoms with E-state index >= 15 is 0 Å². The Labute approximate surface area is 115 Å². The molecule has 1 fully saturated rings. The second-order valence-electron chi connectivity index (χ2n) is 4.39. The predicted octanol–water partition coefficient (Wildman–Crippen LogP) is 0.716. The van der Waals surface area contributed by atoms with E-state index in [4.69, 9.17) is 0 Å². The molecule has 0 amide bonds.